The third-order valence-corrected chi connectivity index (χ3v) is 3.08. The number of hydrogen-bond acceptors (Lipinski definition) is 5. The van der Waals surface area contributed by atoms with Crippen molar-refractivity contribution in [2.45, 2.75) is 26.0 Å². The molecule has 3 N–H and O–H groups in total. The van der Waals surface area contributed by atoms with Crippen LogP contribution in [0.15, 0.2) is 18.5 Å². The van der Waals surface area contributed by atoms with E-state index in [9.17, 15) is 4.79 Å². The number of carbonyl (C=O) groups excluding carboxylic acids is 1. The van der Waals surface area contributed by atoms with Crippen molar-refractivity contribution < 1.29 is 9.53 Å². The second-order valence-electron chi connectivity index (χ2n) is 4.52. The predicted octanol–water partition coefficient (Wildman–Crippen LogP) is 0.617. The molecule has 1 amide bonds. The van der Waals surface area contributed by atoms with E-state index in [0.717, 1.165) is 0 Å². The number of anilines is 1. The van der Waals surface area contributed by atoms with Gasteiger partial charge >= 0.3 is 0 Å². The molecule has 1 aromatic heterocycles. The van der Waals surface area contributed by atoms with Crippen molar-refractivity contribution in [2.75, 3.05) is 18.6 Å². The average molecular weight is 250 g/mol. The standard InChI is InChI=1S/C12H18N4O2/c1-8-7-18-9(2)6-16(8)12(17)10-5-14-4-3-11(10)15-13/h3-5,8-9H,6-7,13H2,1-2H3,(H,14,15). The maximum absolute atomic E-state index is 12.5. The largest absolute Gasteiger partial charge is 0.375 e. The Morgan fingerprint density at radius 3 is 3.11 bits per heavy atom. The smallest absolute Gasteiger partial charge is 0.257 e. The van der Waals surface area contributed by atoms with Crippen LogP contribution >= 0.6 is 0 Å². The number of carbonyl (C=O) groups is 1. The lowest BCUT2D eigenvalue weighted by Gasteiger charge is -2.37. The lowest BCUT2D eigenvalue weighted by Crippen LogP contribution is -2.50. The summed E-state index contributed by atoms with van der Waals surface area (Å²) in [5.41, 5.74) is 3.59. The fraction of sp³-hybridized carbons (Fsp3) is 0.500. The minimum absolute atomic E-state index is 0.0520. The molecule has 1 aliphatic heterocycles. The molecule has 0 spiro atoms. The quantitative estimate of drug-likeness (QED) is 0.594. The van der Waals surface area contributed by atoms with Crippen LogP contribution in [-0.2, 0) is 4.74 Å². The number of ether oxygens (including phenoxy) is 1. The van der Waals surface area contributed by atoms with Crippen LogP contribution in [-0.4, -0.2) is 41.1 Å². The molecule has 2 atom stereocenters. The van der Waals surface area contributed by atoms with Gasteiger partial charge in [-0.2, -0.15) is 0 Å². The number of aromatic nitrogens is 1. The summed E-state index contributed by atoms with van der Waals surface area (Å²) in [7, 11) is 0. The number of morpholine rings is 1. The molecule has 1 aliphatic rings. The monoisotopic (exact) mass is 250 g/mol. The fourth-order valence-electron chi connectivity index (χ4n) is 2.03. The number of hydrazine groups is 1. The fourth-order valence-corrected chi connectivity index (χ4v) is 2.03. The number of amides is 1. The number of nitrogen functional groups attached to an aromatic ring is 1. The first-order valence-electron chi connectivity index (χ1n) is 5.96. The average Bonchev–Trinajstić information content (AvgIpc) is 2.40. The van der Waals surface area contributed by atoms with Gasteiger partial charge in [0, 0.05) is 18.9 Å². The molecular formula is C12H18N4O2. The summed E-state index contributed by atoms with van der Waals surface area (Å²) >= 11 is 0. The van der Waals surface area contributed by atoms with Crippen molar-refractivity contribution in [1.82, 2.24) is 9.88 Å². The van der Waals surface area contributed by atoms with E-state index < -0.39 is 0 Å². The highest BCUT2D eigenvalue weighted by Gasteiger charge is 2.29. The van der Waals surface area contributed by atoms with Gasteiger partial charge in [-0.05, 0) is 19.9 Å². The Balaban J connectivity index is 2.24. The van der Waals surface area contributed by atoms with E-state index in [4.69, 9.17) is 10.6 Å². The number of rotatable bonds is 2. The van der Waals surface area contributed by atoms with Gasteiger partial charge in [0.1, 0.15) is 0 Å². The lowest BCUT2D eigenvalue weighted by atomic mass is 10.1. The Labute approximate surface area is 106 Å². The summed E-state index contributed by atoms with van der Waals surface area (Å²) in [5.74, 6) is 5.34. The Hall–Kier alpha value is -1.66. The van der Waals surface area contributed by atoms with Crippen LogP contribution in [0.5, 0.6) is 0 Å². The van der Waals surface area contributed by atoms with Crippen LogP contribution < -0.4 is 11.3 Å². The third-order valence-electron chi connectivity index (χ3n) is 3.08. The first-order valence-corrected chi connectivity index (χ1v) is 5.96. The van der Waals surface area contributed by atoms with E-state index in [2.05, 4.69) is 10.4 Å². The van der Waals surface area contributed by atoms with Crippen LogP contribution in [0, 0.1) is 0 Å². The van der Waals surface area contributed by atoms with Gasteiger partial charge in [0.15, 0.2) is 0 Å². The number of nitrogens with two attached hydrogens (primary N) is 1. The molecule has 0 aliphatic carbocycles. The van der Waals surface area contributed by atoms with Gasteiger partial charge < -0.3 is 15.1 Å². The van der Waals surface area contributed by atoms with Crippen molar-refractivity contribution >= 4 is 11.6 Å². The molecule has 18 heavy (non-hydrogen) atoms. The van der Waals surface area contributed by atoms with Gasteiger partial charge in [-0.1, -0.05) is 0 Å². The summed E-state index contributed by atoms with van der Waals surface area (Å²) in [6.07, 6.45) is 3.18. The maximum atomic E-state index is 12.5. The lowest BCUT2D eigenvalue weighted by molar-refractivity contribution is -0.0386. The van der Waals surface area contributed by atoms with Gasteiger partial charge in [0.05, 0.1) is 30.0 Å². The molecule has 2 heterocycles. The van der Waals surface area contributed by atoms with Gasteiger partial charge in [0.25, 0.3) is 5.91 Å². The van der Waals surface area contributed by atoms with Gasteiger partial charge in [-0.3, -0.25) is 15.6 Å². The van der Waals surface area contributed by atoms with E-state index in [-0.39, 0.29) is 18.1 Å². The predicted molar refractivity (Wildman–Crippen MR) is 68.0 cm³/mol. The number of nitrogens with zero attached hydrogens (tertiary/aromatic N) is 2. The van der Waals surface area contributed by atoms with Crippen molar-refractivity contribution in [2.24, 2.45) is 5.84 Å². The number of nitrogens with one attached hydrogen (secondary N) is 1. The highest BCUT2D eigenvalue weighted by atomic mass is 16.5. The molecule has 0 saturated carbocycles. The van der Waals surface area contributed by atoms with Gasteiger partial charge in [-0.25, -0.2) is 0 Å². The van der Waals surface area contributed by atoms with E-state index in [1.54, 1.807) is 17.2 Å². The second kappa shape index (κ2) is 5.32. The highest BCUT2D eigenvalue weighted by molar-refractivity contribution is 5.99. The Morgan fingerprint density at radius 1 is 1.61 bits per heavy atom. The van der Waals surface area contributed by atoms with E-state index in [1.165, 1.54) is 6.20 Å². The molecule has 6 heteroatoms. The van der Waals surface area contributed by atoms with Crippen molar-refractivity contribution in [3.05, 3.63) is 24.0 Å². The molecular weight excluding hydrogens is 232 g/mol. The van der Waals surface area contributed by atoms with Crippen molar-refractivity contribution in [3.63, 3.8) is 0 Å². The van der Waals surface area contributed by atoms with Crippen LogP contribution in [0.1, 0.15) is 24.2 Å². The zero-order valence-electron chi connectivity index (χ0n) is 10.6. The van der Waals surface area contributed by atoms with E-state index in [0.29, 0.717) is 24.4 Å². The molecule has 2 unspecified atom stereocenters. The minimum atomic E-state index is -0.0706. The first-order chi connectivity index (χ1) is 8.63. The summed E-state index contributed by atoms with van der Waals surface area (Å²) in [6.45, 7) is 5.06. The molecule has 0 bridgehead atoms. The molecule has 1 aromatic rings. The van der Waals surface area contributed by atoms with Crippen LogP contribution in [0.4, 0.5) is 5.69 Å². The van der Waals surface area contributed by atoms with E-state index >= 15 is 0 Å². The summed E-state index contributed by atoms with van der Waals surface area (Å²) in [4.78, 5) is 18.2. The zero-order chi connectivity index (χ0) is 13.1. The van der Waals surface area contributed by atoms with Gasteiger partial charge in [-0.15, -0.1) is 0 Å². The van der Waals surface area contributed by atoms with Crippen molar-refractivity contribution in [3.8, 4) is 0 Å². The van der Waals surface area contributed by atoms with Crippen molar-refractivity contribution in [1.29, 1.82) is 0 Å². The van der Waals surface area contributed by atoms with Crippen LogP contribution in [0.25, 0.3) is 0 Å². The Kier molecular flexibility index (Phi) is 3.78. The van der Waals surface area contributed by atoms with E-state index in [1.807, 2.05) is 13.8 Å². The van der Waals surface area contributed by atoms with Crippen LogP contribution in [0.3, 0.4) is 0 Å². The molecule has 0 radical (unpaired) electrons. The number of pyridine rings is 1. The maximum Gasteiger partial charge on any atom is 0.257 e. The summed E-state index contributed by atoms with van der Waals surface area (Å²) < 4.78 is 5.51. The molecule has 2 rings (SSSR count). The highest BCUT2D eigenvalue weighted by Crippen LogP contribution is 2.19. The topological polar surface area (TPSA) is 80.5 Å². The summed E-state index contributed by atoms with van der Waals surface area (Å²) in [6, 6.07) is 1.74. The van der Waals surface area contributed by atoms with Gasteiger partial charge in [0.2, 0.25) is 0 Å². The minimum Gasteiger partial charge on any atom is -0.375 e. The van der Waals surface area contributed by atoms with Crippen LogP contribution in [0.2, 0.25) is 0 Å². The summed E-state index contributed by atoms with van der Waals surface area (Å²) in [5, 5.41) is 0. The molecule has 98 valence electrons. The Bertz CT molecular complexity index is 438. The Morgan fingerprint density at radius 2 is 2.39 bits per heavy atom. The SMILES string of the molecule is CC1CN(C(=O)c2cnccc2NN)C(C)CO1. The normalized spacial score (nSPS) is 23.8. The third kappa shape index (κ3) is 2.44. The molecule has 1 saturated heterocycles. The second-order valence-corrected chi connectivity index (χ2v) is 4.52. The molecule has 1 fully saturated rings. The first kappa shape index (κ1) is 12.8. The zero-order valence-corrected chi connectivity index (χ0v) is 10.6. The molecule has 0 aromatic carbocycles. The number of hydrogen-bond donors (Lipinski definition) is 2. The molecule has 6 nitrogen and oxygen atoms in total.